The summed E-state index contributed by atoms with van der Waals surface area (Å²) in [6, 6.07) is 20.3. The molecule has 1 atom stereocenters. The van der Waals surface area contributed by atoms with Gasteiger partial charge in [0.05, 0.1) is 5.54 Å². The summed E-state index contributed by atoms with van der Waals surface area (Å²) in [5, 5.41) is 3.36. The van der Waals surface area contributed by atoms with E-state index in [4.69, 9.17) is 5.73 Å². The standard InChI is InChI=1S/C15H18N2/c1-15(16,13-8-4-2-5-9-13)12-17-14-10-6-3-7-11-14/h2-11,17H,12,16H2,1H3. The molecule has 17 heavy (non-hydrogen) atoms. The molecule has 0 bridgehead atoms. The van der Waals surface area contributed by atoms with Crippen molar-refractivity contribution >= 4 is 5.69 Å². The molecule has 0 heterocycles. The van der Waals surface area contributed by atoms with Crippen LogP contribution in [-0.2, 0) is 5.54 Å². The summed E-state index contributed by atoms with van der Waals surface area (Å²) in [6.07, 6.45) is 0. The molecule has 0 saturated heterocycles. The second-order valence-electron chi connectivity index (χ2n) is 4.50. The van der Waals surface area contributed by atoms with Crippen LogP contribution >= 0.6 is 0 Å². The van der Waals surface area contributed by atoms with Crippen LogP contribution in [0.4, 0.5) is 5.69 Å². The zero-order valence-electron chi connectivity index (χ0n) is 10.1. The molecule has 0 aliphatic heterocycles. The van der Waals surface area contributed by atoms with E-state index < -0.39 is 0 Å². The molecular weight excluding hydrogens is 208 g/mol. The fraction of sp³-hybridized carbons (Fsp3) is 0.200. The summed E-state index contributed by atoms with van der Waals surface area (Å²) >= 11 is 0. The summed E-state index contributed by atoms with van der Waals surface area (Å²) in [4.78, 5) is 0. The highest BCUT2D eigenvalue weighted by Gasteiger charge is 2.20. The number of hydrogen-bond acceptors (Lipinski definition) is 2. The Hall–Kier alpha value is -1.80. The van der Waals surface area contributed by atoms with Gasteiger partial charge in [0.25, 0.3) is 0 Å². The van der Waals surface area contributed by atoms with Crippen molar-refractivity contribution < 1.29 is 0 Å². The average Bonchev–Trinajstić information content (AvgIpc) is 2.39. The first-order valence-electron chi connectivity index (χ1n) is 5.82. The van der Waals surface area contributed by atoms with Gasteiger partial charge >= 0.3 is 0 Å². The number of para-hydroxylation sites is 1. The van der Waals surface area contributed by atoms with E-state index in [9.17, 15) is 0 Å². The topological polar surface area (TPSA) is 38.0 Å². The Morgan fingerprint density at radius 2 is 1.47 bits per heavy atom. The fourth-order valence-electron chi connectivity index (χ4n) is 1.76. The molecule has 1 unspecified atom stereocenters. The van der Waals surface area contributed by atoms with E-state index in [2.05, 4.69) is 17.4 Å². The maximum Gasteiger partial charge on any atom is 0.0556 e. The lowest BCUT2D eigenvalue weighted by Gasteiger charge is -2.26. The van der Waals surface area contributed by atoms with E-state index in [1.807, 2.05) is 55.5 Å². The molecule has 3 N–H and O–H groups in total. The van der Waals surface area contributed by atoms with Crippen molar-refractivity contribution in [3.8, 4) is 0 Å². The number of benzene rings is 2. The van der Waals surface area contributed by atoms with Crippen molar-refractivity contribution in [3.05, 3.63) is 66.2 Å². The molecule has 0 radical (unpaired) electrons. The van der Waals surface area contributed by atoms with Crippen LogP contribution in [0.2, 0.25) is 0 Å². The lowest BCUT2D eigenvalue weighted by molar-refractivity contribution is 0.524. The maximum absolute atomic E-state index is 6.32. The van der Waals surface area contributed by atoms with Gasteiger partial charge in [0.15, 0.2) is 0 Å². The third-order valence-electron chi connectivity index (χ3n) is 2.87. The first-order chi connectivity index (χ1) is 8.18. The van der Waals surface area contributed by atoms with Gasteiger partial charge in [-0.25, -0.2) is 0 Å². The SMILES string of the molecule is CC(N)(CNc1ccccc1)c1ccccc1. The van der Waals surface area contributed by atoms with Gasteiger partial charge in [-0.05, 0) is 24.6 Å². The summed E-state index contributed by atoms with van der Waals surface area (Å²) in [6.45, 7) is 2.75. The highest BCUT2D eigenvalue weighted by Crippen LogP contribution is 2.18. The molecule has 0 amide bonds. The third-order valence-corrected chi connectivity index (χ3v) is 2.87. The molecule has 0 aliphatic rings. The van der Waals surface area contributed by atoms with Crippen LogP contribution in [0.25, 0.3) is 0 Å². The molecule has 2 rings (SSSR count). The average molecular weight is 226 g/mol. The van der Waals surface area contributed by atoms with Crippen molar-refractivity contribution in [2.45, 2.75) is 12.5 Å². The molecule has 0 fully saturated rings. The zero-order valence-corrected chi connectivity index (χ0v) is 10.1. The van der Waals surface area contributed by atoms with Crippen molar-refractivity contribution in [2.75, 3.05) is 11.9 Å². The normalized spacial score (nSPS) is 14.0. The Labute approximate surface area is 102 Å². The third kappa shape index (κ3) is 3.08. The quantitative estimate of drug-likeness (QED) is 0.841. The van der Waals surface area contributed by atoms with Crippen molar-refractivity contribution in [2.24, 2.45) is 5.73 Å². The highest BCUT2D eigenvalue weighted by molar-refractivity contribution is 5.43. The van der Waals surface area contributed by atoms with E-state index in [0.717, 1.165) is 11.3 Å². The van der Waals surface area contributed by atoms with Gasteiger partial charge in [0.2, 0.25) is 0 Å². The second-order valence-corrected chi connectivity index (χ2v) is 4.50. The van der Waals surface area contributed by atoms with Gasteiger partial charge in [-0.2, -0.15) is 0 Å². The van der Waals surface area contributed by atoms with Crippen LogP contribution in [0.3, 0.4) is 0 Å². The lowest BCUT2D eigenvalue weighted by atomic mass is 9.93. The van der Waals surface area contributed by atoms with Gasteiger partial charge in [-0.3, -0.25) is 0 Å². The van der Waals surface area contributed by atoms with E-state index in [-0.39, 0.29) is 5.54 Å². The Kier molecular flexibility index (Phi) is 3.45. The van der Waals surface area contributed by atoms with Crippen molar-refractivity contribution in [1.29, 1.82) is 0 Å². The van der Waals surface area contributed by atoms with Crippen LogP contribution < -0.4 is 11.1 Å². The van der Waals surface area contributed by atoms with Crippen LogP contribution in [0.1, 0.15) is 12.5 Å². The van der Waals surface area contributed by atoms with Crippen molar-refractivity contribution in [3.63, 3.8) is 0 Å². The number of hydrogen-bond donors (Lipinski definition) is 2. The molecule has 0 aromatic heterocycles. The lowest BCUT2D eigenvalue weighted by Crippen LogP contribution is -2.40. The molecule has 0 aliphatic carbocycles. The second kappa shape index (κ2) is 5.02. The van der Waals surface area contributed by atoms with E-state index >= 15 is 0 Å². The minimum absolute atomic E-state index is 0.364. The molecule has 2 heteroatoms. The van der Waals surface area contributed by atoms with Crippen LogP contribution in [0.15, 0.2) is 60.7 Å². The van der Waals surface area contributed by atoms with Gasteiger partial charge in [-0.15, -0.1) is 0 Å². The van der Waals surface area contributed by atoms with Gasteiger partial charge in [0.1, 0.15) is 0 Å². The molecule has 2 nitrogen and oxygen atoms in total. The van der Waals surface area contributed by atoms with E-state index in [0.29, 0.717) is 6.54 Å². The van der Waals surface area contributed by atoms with Gasteiger partial charge in [0, 0.05) is 12.2 Å². The first-order valence-corrected chi connectivity index (χ1v) is 5.82. The molecule has 2 aromatic rings. The number of rotatable bonds is 4. The summed E-state index contributed by atoms with van der Waals surface area (Å²) < 4.78 is 0. The molecule has 0 saturated carbocycles. The number of anilines is 1. The van der Waals surface area contributed by atoms with E-state index in [1.54, 1.807) is 0 Å². The smallest absolute Gasteiger partial charge is 0.0556 e. The molecular formula is C15H18N2. The summed E-state index contributed by atoms with van der Waals surface area (Å²) in [7, 11) is 0. The maximum atomic E-state index is 6.32. The predicted molar refractivity (Wildman–Crippen MR) is 72.9 cm³/mol. The molecule has 88 valence electrons. The Morgan fingerprint density at radius 1 is 0.941 bits per heavy atom. The Balaban J connectivity index is 2.03. The van der Waals surface area contributed by atoms with Gasteiger partial charge in [-0.1, -0.05) is 48.5 Å². The highest BCUT2D eigenvalue weighted by atomic mass is 14.9. The van der Waals surface area contributed by atoms with Crippen LogP contribution in [0.5, 0.6) is 0 Å². The predicted octanol–water partition coefficient (Wildman–Crippen LogP) is 2.97. The zero-order chi connectivity index (χ0) is 12.1. The first kappa shape index (κ1) is 11.7. The van der Waals surface area contributed by atoms with E-state index in [1.165, 1.54) is 0 Å². The monoisotopic (exact) mass is 226 g/mol. The summed E-state index contributed by atoms with van der Waals surface area (Å²) in [5.74, 6) is 0. The number of nitrogens with two attached hydrogens (primary N) is 1. The molecule has 2 aromatic carbocycles. The van der Waals surface area contributed by atoms with Crippen LogP contribution in [-0.4, -0.2) is 6.54 Å². The Morgan fingerprint density at radius 3 is 2.06 bits per heavy atom. The van der Waals surface area contributed by atoms with Crippen molar-refractivity contribution in [1.82, 2.24) is 0 Å². The minimum atomic E-state index is -0.364. The Bertz CT molecular complexity index is 449. The summed E-state index contributed by atoms with van der Waals surface area (Å²) in [5.41, 5.74) is 8.20. The number of nitrogens with one attached hydrogen (secondary N) is 1. The minimum Gasteiger partial charge on any atom is -0.383 e. The molecule has 0 spiro atoms. The van der Waals surface area contributed by atoms with Crippen LogP contribution in [0, 0.1) is 0 Å². The largest absolute Gasteiger partial charge is 0.383 e. The fourth-order valence-corrected chi connectivity index (χ4v) is 1.76. The van der Waals surface area contributed by atoms with Gasteiger partial charge < -0.3 is 11.1 Å².